The average Bonchev–Trinajstić information content (AvgIpc) is 2.39. The second-order valence-electron chi connectivity index (χ2n) is 6.22. The molecule has 2 N–H and O–H groups in total. The Labute approximate surface area is 130 Å². The van der Waals surface area contributed by atoms with Crippen LogP contribution < -0.4 is 5.73 Å². The SMILES string of the molecule is C=C(C)[C@H](N)CC(C)N(C(=C)C)[C@@H](C)Cc1ccccc1. The summed E-state index contributed by atoms with van der Waals surface area (Å²) >= 11 is 0. The summed E-state index contributed by atoms with van der Waals surface area (Å²) in [6.07, 6.45) is 1.92. The predicted octanol–water partition coefficient (Wildman–Crippen LogP) is 4.14. The highest BCUT2D eigenvalue weighted by Gasteiger charge is 2.22. The van der Waals surface area contributed by atoms with Crippen molar-refractivity contribution in [2.45, 2.75) is 58.7 Å². The summed E-state index contributed by atoms with van der Waals surface area (Å²) in [5, 5.41) is 0. The van der Waals surface area contributed by atoms with Crippen LogP contribution in [0.5, 0.6) is 0 Å². The molecule has 0 spiro atoms. The van der Waals surface area contributed by atoms with Crippen LogP contribution in [0, 0.1) is 0 Å². The van der Waals surface area contributed by atoms with E-state index in [1.165, 1.54) is 5.56 Å². The zero-order valence-corrected chi connectivity index (χ0v) is 14.0. The van der Waals surface area contributed by atoms with E-state index in [2.05, 4.69) is 69.2 Å². The van der Waals surface area contributed by atoms with Crippen LogP contribution in [0.4, 0.5) is 0 Å². The van der Waals surface area contributed by atoms with Gasteiger partial charge in [-0.15, -0.1) is 0 Å². The molecule has 21 heavy (non-hydrogen) atoms. The predicted molar refractivity (Wildman–Crippen MR) is 93.1 cm³/mol. The minimum absolute atomic E-state index is 0.0470. The molecule has 1 rings (SSSR count). The van der Waals surface area contributed by atoms with E-state index in [9.17, 15) is 0 Å². The lowest BCUT2D eigenvalue weighted by Crippen LogP contribution is -2.42. The smallest absolute Gasteiger partial charge is 0.0301 e. The van der Waals surface area contributed by atoms with E-state index in [0.29, 0.717) is 12.1 Å². The molecule has 3 atom stereocenters. The molecule has 1 aromatic carbocycles. The second-order valence-corrected chi connectivity index (χ2v) is 6.22. The van der Waals surface area contributed by atoms with Crippen LogP contribution in [0.3, 0.4) is 0 Å². The van der Waals surface area contributed by atoms with Crippen molar-refractivity contribution in [3.63, 3.8) is 0 Å². The van der Waals surface area contributed by atoms with Crippen molar-refractivity contribution in [3.8, 4) is 0 Å². The van der Waals surface area contributed by atoms with Crippen LogP contribution in [-0.2, 0) is 6.42 Å². The summed E-state index contributed by atoms with van der Waals surface area (Å²) < 4.78 is 0. The van der Waals surface area contributed by atoms with Gasteiger partial charge >= 0.3 is 0 Å². The van der Waals surface area contributed by atoms with Crippen molar-refractivity contribution < 1.29 is 0 Å². The van der Waals surface area contributed by atoms with Crippen LogP contribution in [0.15, 0.2) is 54.8 Å². The fourth-order valence-electron chi connectivity index (χ4n) is 2.92. The monoisotopic (exact) mass is 286 g/mol. The molecule has 0 radical (unpaired) electrons. The zero-order chi connectivity index (χ0) is 16.0. The van der Waals surface area contributed by atoms with Gasteiger partial charge < -0.3 is 10.6 Å². The molecular formula is C19H30N2. The Kier molecular flexibility index (Phi) is 6.70. The number of nitrogens with zero attached hydrogens (tertiary/aromatic N) is 1. The highest BCUT2D eigenvalue weighted by atomic mass is 15.2. The van der Waals surface area contributed by atoms with Crippen LogP contribution >= 0.6 is 0 Å². The fraction of sp³-hybridized carbons (Fsp3) is 0.474. The van der Waals surface area contributed by atoms with Crippen LogP contribution in [0.1, 0.15) is 39.7 Å². The molecule has 2 nitrogen and oxygen atoms in total. The summed E-state index contributed by atoms with van der Waals surface area (Å²) in [6, 6.07) is 11.4. The molecule has 1 aromatic rings. The normalized spacial score (nSPS) is 15.1. The number of benzene rings is 1. The van der Waals surface area contributed by atoms with E-state index in [4.69, 9.17) is 5.73 Å². The third-order valence-corrected chi connectivity index (χ3v) is 3.99. The number of hydrogen-bond acceptors (Lipinski definition) is 2. The largest absolute Gasteiger partial charge is 0.370 e. The molecule has 0 fully saturated rings. The Morgan fingerprint density at radius 2 is 1.67 bits per heavy atom. The van der Waals surface area contributed by atoms with E-state index in [1.807, 2.05) is 6.92 Å². The Balaban J connectivity index is 2.76. The van der Waals surface area contributed by atoms with E-state index in [0.717, 1.165) is 24.1 Å². The molecule has 1 unspecified atom stereocenters. The lowest BCUT2D eigenvalue weighted by Gasteiger charge is -2.38. The van der Waals surface area contributed by atoms with Crippen molar-refractivity contribution in [1.82, 2.24) is 4.90 Å². The maximum absolute atomic E-state index is 6.15. The first-order valence-electron chi connectivity index (χ1n) is 7.71. The van der Waals surface area contributed by atoms with Crippen molar-refractivity contribution in [2.75, 3.05) is 0 Å². The molecule has 0 aliphatic heterocycles. The number of hydrogen-bond donors (Lipinski definition) is 1. The molecular weight excluding hydrogens is 256 g/mol. The lowest BCUT2D eigenvalue weighted by molar-refractivity contribution is 0.193. The molecule has 0 aliphatic rings. The van der Waals surface area contributed by atoms with Gasteiger partial charge in [-0.1, -0.05) is 49.1 Å². The molecule has 0 bridgehead atoms. The van der Waals surface area contributed by atoms with E-state index < -0.39 is 0 Å². The third kappa shape index (κ3) is 5.39. The van der Waals surface area contributed by atoms with Crippen molar-refractivity contribution in [3.05, 3.63) is 60.3 Å². The molecule has 0 aromatic heterocycles. The minimum atomic E-state index is 0.0470. The molecule has 0 aliphatic carbocycles. The highest BCUT2D eigenvalue weighted by Crippen LogP contribution is 2.20. The number of rotatable bonds is 8. The Morgan fingerprint density at radius 1 is 1.10 bits per heavy atom. The average molecular weight is 286 g/mol. The van der Waals surface area contributed by atoms with Gasteiger partial charge in [0.05, 0.1) is 0 Å². The summed E-state index contributed by atoms with van der Waals surface area (Å²) in [4.78, 5) is 2.38. The summed E-state index contributed by atoms with van der Waals surface area (Å²) in [6.45, 7) is 16.7. The first-order valence-corrected chi connectivity index (χ1v) is 7.71. The van der Waals surface area contributed by atoms with Gasteiger partial charge in [0.2, 0.25) is 0 Å². The number of allylic oxidation sites excluding steroid dienone is 1. The van der Waals surface area contributed by atoms with Gasteiger partial charge in [0.15, 0.2) is 0 Å². The minimum Gasteiger partial charge on any atom is -0.370 e. The van der Waals surface area contributed by atoms with E-state index in [-0.39, 0.29) is 6.04 Å². The van der Waals surface area contributed by atoms with E-state index >= 15 is 0 Å². The van der Waals surface area contributed by atoms with Crippen LogP contribution in [0.2, 0.25) is 0 Å². The summed E-state index contributed by atoms with van der Waals surface area (Å²) in [7, 11) is 0. The Hall–Kier alpha value is -1.54. The molecule has 0 heterocycles. The van der Waals surface area contributed by atoms with Crippen LogP contribution in [0.25, 0.3) is 0 Å². The van der Waals surface area contributed by atoms with Gasteiger partial charge in [0, 0.05) is 23.8 Å². The van der Waals surface area contributed by atoms with Gasteiger partial charge in [-0.05, 0) is 46.1 Å². The summed E-state index contributed by atoms with van der Waals surface area (Å²) in [5.41, 5.74) is 9.64. The number of nitrogens with two attached hydrogens (primary N) is 1. The molecule has 0 amide bonds. The van der Waals surface area contributed by atoms with Crippen molar-refractivity contribution in [1.29, 1.82) is 0 Å². The topological polar surface area (TPSA) is 29.3 Å². The van der Waals surface area contributed by atoms with Gasteiger partial charge in [-0.25, -0.2) is 0 Å². The van der Waals surface area contributed by atoms with Crippen LogP contribution in [-0.4, -0.2) is 23.0 Å². The van der Waals surface area contributed by atoms with E-state index in [1.54, 1.807) is 0 Å². The van der Waals surface area contributed by atoms with Gasteiger partial charge in [-0.2, -0.15) is 0 Å². The Bertz CT molecular complexity index is 464. The van der Waals surface area contributed by atoms with Crippen molar-refractivity contribution in [2.24, 2.45) is 5.73 Å². The highest BCUT2D eigenvalue weighted by molar-refractivity contribution is 5.16. The molecule has 116 valence electrons. The maximum atomic E-state index is 6.15. The third-order valence-electron chi connectivity index (χ3n) is 3.99. The van der Waals surface area contributed by atoms with Crippen molar-refractivity contribution >= 4 is 0 Å². The summed E-state index contributed by atoms with van der Waals surface area (Å²) in [5.74, 6) is 0. The first-order chi connectivity index (χ1) is 9.82. The zero-order valence-electron chi connectivity index (χ0n) is 14.0. The second kappa shape index (κ2) is 8.04. The lowest BCUT2D eigenvalue weighted by atomic mass is 9.98. The quantitative estimate of drug-likeness (QED) is 0.728. The molecule has 0 saturated heterocycles. The van der Waals surface area contributed by atoms with Gasteiger partial charge in [0.25, 0.3) is 0 Å². The standard InChI is InChI=1S/C19H30N2/c1-14(2)19(20)13-17(6)21(15(3)4)16(5)12-18-10-8-7-9-11-18/h7-11,16-17,19H,1,3,12-13,20H2,2,4-6H3/t16-,17?,19+/m0/s1. The van der Waals surface area contributed by atoms with Gasteiger partial charge in [0.1, 0.15) is 0 Å². The first kappa shape index (κ1) is 17.5. The van der Waals surface area contributed by atoms with Gasteiger partial charge in [-0.3, -0.25) is 0 Å². The molecule has 2 heteroatoms. The fourth-order valence-corrected chi connectivity index (χ4v) is 2.92. The Morgan fingerprint density at radius 3 is 2.14 bits per heavy atom. The molecule has 0 saturated carbocycles. The maximum Gasteiger partial charge on any atom is 0.0301 e.